The fourth-order valence-corrected chi connectivity index (χ4v) is 3.79. The molecule has 4 atom stereocenters. The largest absolute Gasteiger partial charge is 0.461 e. The van der Waals surface area contributed by atoms with Crippen molar-refractivity contribution in [3.63, 3.8) is 0 Å². The lowest BCUT2D eigenvalue weighted by molar-refractivity contribution is -0.158. The molecule has 0 spiro atoms. The Hall–Kier alpha value is -0.610. The van der Waals surface area contributed by atoms with E-state index in [0.717, 1.165) is 12.8 Å². The maximum Gasteiger partial charge on any atom is 0.323 e. The summed E-state index contributed by atoms with van der Waals surface area (Å²) in [7, 11) is 0. The molecule has 2 bridgehead atoms. The summed E-state index contributed by atoms with van der Waals surface area (Å²) < 4.78 is 5.62. The second kappa shape index (κ2) is 4.49. The molecule has 0 aromatic carbocycles. The minimum Gasteiger partial charge on any atom is -0.461 e. The van der Waals surface area contributed by atoms with Gasteiger partial charge in [-0.3, -0.25) is 4.79 Å². The van der Waals surface area contributed by atoms with Gasteiger partial charge in [0.2, 0.25) is 0 Å². The number of esters is 1. The zero-order chi connectivity index (χ0) is 13.6. The number of hydrogen-bond acceptors (Lipinski definition) is 4. The topological polar surface area (TPSA) is 72.5 Å². The summed E-state index contributed by atoms with van der Waals surface area (Å²) >= 11 is 0. The Morgan fingerprint density at radius 1 is 1.50 bits per heavy atom. The second-order valence-corrected chi connectivity index (χ2v) is 6.65. The van der Waals surface area contributed by atoms with Crippen LogP contribution in [0.2, 0.25) is 0 Å². The number of aliphatic hydroxyl groups is 1. The Kier molecular flexibility index (Phi) is 3.45. The summed E-state index contributed by atoms with van der Waals surface area (Å²) in [5, 5.41) is 8.80. The first kappa shape index (κ1) is 13.8. The smallest absolute Gasteiger partial charge is 0.323 e. The van der Waals surface area contributed by atoms with Gasteiger partial charge in [-0.05, 0) is 37.0 Å². The van der Waals surface area contributed by atoms with Gasteiger partial charge < -0.3 is 15.6 Å². The molecule has 4 heteroatoms. The van der Waals surface area contributed by atoms with E-state index >= 15 is 0 Å². The van der Waals surface area contributed by atoms with E-state index in [1.807, 2.05) is 0 Å². The van der Waals surface area contributed by atoms with Gasteiger partial charge in [0.15, 0.2) is 0 Å². The first-order valence-corrected chi connectivity index (χ1v) is 6.90. The number of hydrogen-bond donors (Lipinski definition) is 2. The first-order chi connectivity index (χ1) is 8.33. The fraction of sp³-hybridized carbons (Fsp3) is 0.929. The summed E-state index contributed by atoms with van der Waals surface area (Å²) in [4.78, 5) is 11.9. The van der Waals surface area contributed by atoms with Gasteiger partial charge in [0.05, 0.1) is 0 Å². The van der Waals surface area contributed by atoms with E-state index < -0.39 is 6.04 Å². The van der Waals surface area contributed by atoms with Crippen LogP contribution in [0.3, 0.4) is 0 Å². The van der Waals surface area contributed by atoms with Gasteiger partial charge in [0, 0.05) is 12.0 Å². The van der Waals surface area contributed by atoms with Crippen molar-refractivity contribution in [3.8, 4) is 0 Å². The maximum absolute atomic E-state index is 11.9. The zero-order valence-corrected chi connectivity index (χ0v) is 11.6. The molecular formula is C14H25NO3. The van der Waals surface area contributed by atoms with Crippen molar-refractivity contribution in [2.24, 2.45) is 22.5 Å². The normalized spacial score (nSPS) is 38.7. The molecule has 3 N–H and O–H groups in total. The van der Waals surface area contributed by atoms with Crippen LogP contribution in [0.1, 0.15) is 46.5 Å². The van der Waals surface area contributed by atoms with Crippen molar-refractivity contribution >= 4 is 5.97 Å². The highest BCUT2D eigenvalue weighted by Gasteiger charge is 2.62. The van der Waals surface area contributed by atoms with Crippen molar-refractivity contribution in [1.29, 1.82) is 0 Å². The van der Waals surface area contributed by atoms with E-state index in [1.165, 1.54) is 6.42 Å². The minimum atomic E-state index is -0.694. The van der Waals surface area contributed by atoms with E-state index in [9.17, 15) is 4.79 Å². The van der Waals surface area contributed by atoms with Gasteiger partial charge in [-0.1, -0.05) is 20.8 Å². The van der Waals surface area contributed by atoms with Gasteiger partial charge >= 0.3 is 5.97 Å². The molecule has 2 aliphatic carbocycles. The van der Waals surface area contributed by atoms with E-state index in [0.29, 0.717) is 5.92 Å². The Balaban J connectivity index is 2.03. The Bertz CT molecular complexity index is 342. The van der Waals surface area contributed by atoms with Crippen LogP contribution in [-0.4, -0.2) is 29.8 Å². The van der Waals surface area contributed by atoms with Crippen molar-refractivity contribution in [2.75, 3.05) is 6.61 Å². The summed E-state index contributed by atoms with van der Waals surface area (Å²) in [6.07, 6.45) is 3.58. The van der Waals surface area contributed by atoms with Crippen LogP contribution >= 0.6 is 0 Å². The molecule has 0 radical (unpaired) electrons. The van der Waals surface area contributed by atoms with Crippen LogP contribution in [0, 0.1) is 16.7 Å². The SMILES string of the molecule is CC1(C)C2CCC1(C)C(OC(=O)C(N)CCO)C2. The quantitative estimate of drug-likeness (QED) is 0.746. The Morgan fingerprint density at radius 2 is 2.17 bits per heavy atom. The number of rotatable bonds is 4. The van der Waals surface area contributed by atoms with E-state index in [4.69, 9.17) is 15.6 Å². The predicted molar refractivity (Wildman–Crippen MR) is 68.8 cm³/mol. The fourth-order valence-electron chi connectivity index (χ4n) is 3.79. The van der Waals surface area contributed by atoms with Crippen molar-refractivity contribution < 1.29 is 14.6 Å². The number of aliphatic hydroxyl groups excluding tert-OH is 1. The van der Waals surface area contributed by atoms with Gasteiger partial charge in [-0.15, -0.1) is 0 Å². The molecule has 2 fully saturated rings. The van der Waals surface area contributed by atoms with E-state index in [-0.39, 0.29) is 35.9 Å². The summed E-state index contributed by atoms with van der Waals surface area (Å²) in [5.41, 5.74) is 5.99. The molecule has 0 aromatic heterocycles. The number of nitrogens with two attached hydrogens (primary N) is 1. The molecule has 0 aromatic rings. The van der Waals surface area contributed by atoms with E-state index in [2.05, 4.69) is 20.8 Å². The number of fused-ring (bicyclic) bond motifs is 2. The third-order valence-electron chi connectivity index (χ3n) is 5.72. The van der Waals surface area contributed by atoms with Crippen LogP contribution in [0.5, 0.6) is 0 Å². The van der Waals surface area contributed by atoms with Gasteiger partial charge in [-0.25, -0.2) is 0 Å². The molecule has 4 nitrogen and oxygen atoms in total. The highest BCUT2D eigenvalue weighted by molar-refractivity contribution is 5.75. The predicted octanol–water partition coefficient (Wildman–Crippen LogP) is 1.45. The maximum atomic E-state index is 11.9. The van der Waals surface area contributed by atoms with Crippen LogP contribution < -0.4 is 5.73 Å². The lowest BCUT2D eigenvalue weighted by Gasteiger charge is -2.38. The van der Waals surface area contributed by atoms with Crippen LogP contribution in [0.15, 0.2) is 0 Å². The van der Waals surface area contributed by atoms with Gasteiger partial charge in [0.1, 0.15) is 12.1 Å². The minimum absolute atomic E-state index is 0.0107. The molecule has 0 heterocycles. The molecule has 18 heavy (non-hydrogen) atoms. The van der Waals surface area contributed by atoms with Gasteiger partial charge in [0.25, 0.3) is 0 Å². The second-order valence-electron chi connectivity index (χ2n) is 6.65. The number of ether oxygens (including phenoxy) is 1. The molecule has 2 aliphatic rings. The summed E-state index contributed by atoms with van der Waals surface area (Å²) in [6.45, 7) is 6.72. The summed E-state index contributed by atoms with van der Waals surface area (Å²) in [5.74, 6) is 0.285. The highest BCUT2D eigenvalue weighted by atomic mass is 16.5. The Morgan fingerprint density at radius 3 is 2.61 bits per heavy atom. The van der Waals surface area contributed by atoms with Crippen LogP contribution in [0.25, 0.3) is 0 Å². The molecule has 4 unspecified atom stereocenters. The molecule has 0 amide bonds. The van der Waals surface area contributed by atoms with Crippen molar-refractivity contribution in [3.05, 3.63) is 0 Å². The third kappa shape index (κ3) is 1.86. The Labute approximate surface area is 109 Å². The van der Waals surface area contributed by atoms with E-state index in [1.54, 1.807) is 0 Å². The lowest BCUT2D eigenvalue weighted by atomic mass is 9.70. The molecule has 104 valence electrons. The monoisotopic (exact) mass is 255 g/mol. The molecule has 2 rings (SSSR count). The first-order valence-electron chi connectivity index (χ1n) is 6.90. The van der Waals surface area contributed by atoms with Crippen LogP contribution in [0.4, 0.5) is 0 Å². The molecule has 0 saturated heterocycles. The number of carbonyl (C=O) groups is 1. The molecule has 2 saturated carbocycles. The highest BCUT2D eigenvalue weighted by Crippen LogP contribution is 2.66. The van der Waals surface area contributed by atoms with Crippen LogP contribution in [-0.2, 0) is 9.53 Å². The van der Waals surface area contributed by atoms with Crippen molar-refractivity contribution in [2.45, 2.75) is 58.6 Å². The third-order valence-corrected chi connectivity index (χ3v) is 5.72. The average Bonchev–Trinajstić information content (AvgIpc) is 2.62. The standard InChI is InChI=1S/C14H25NO3/c1-13(2)9-4-6-14(13,3)11(8-9)18-12(17)10(15)5-7-16/h9-11,16H,4-8,15H2,1-3H3. The summed E-state index contributed by atoms with van der Waals surface area (Å²) in [6, 6.07) is -0.694. The average molecular weight is 255 g/mol. The number of carbonyl (C=O) groups excluding carboxylic acids is 1. The molecular weight excluding hydrogens is 230 g/mol. The van der Waals surface area contributed by atoms with Crippen molar-refractivity contribution in [1.82, 2.24) is 0 Å². The zero-order valence-electron chi connectivity index (χ0n) is 11.6. The van der Waals surface area contributed by atoms with Gasteiger partial charge in [-0.2, -0.15) is 0 Å². The lowest BCUT2D eigenvalue weighted by Crippen LogP contribution is -2.42. The molecule has 0 aliphatic heterocycles.